The van der Waals surface area contributed by atoms with E-state index < -0.39 is 0 Å². The minimum Gasteiger partial charge on any atom is -0.312 e. The molecule has 0 bridgehead atoms. The number of rotatable bonds is 9. The minimum absolute atomic E-state index is 0.249. The molecule has 0 aliphatic rings. The summed E-state index contributed by atoms with van der Waals surface area (Å²) >= 11 is 0. The highest BCUT2D eigenvalue weighted by Gasteiger charge is 2.08. The van der Waals surface area contributed by atoms with Crippen LogP contribution in [0.1, 0.15) is 40.5 Å². The molecule has 0 aliphatic carbocycles. The second-order valence-corrected chi connectivity index (χ2v) is 6.18. The molecule has 0 rings (SSSR count). The molecule has 0 atom stereocenters. The lowest BCUT2D eigenvalue weighted by molar-refractivity contribution is 0.235. The molecule has 0 aromatic heterocycles. The van der Waals surface area contributed by atoms with E-state index in [1.807, 2.05) is 0 Å². The van der Waals surface area contributed by atoms with Gasteiger partial charge in [-0.1, -0.05) is 6.92 Å². The molecule has 0 aromatic rings. The Morgan fingerprint density at radius 1 is 0.941 bits per heavy atom. The Kier molecular flexibility index (Phi) is 8.83. The molecular weight excluding hydrogens is 210 g/mol. The highest BCUT2D eigenvalue weighted by Crippen LogP contribution is 1.99. The summed E-state index contributed by atoms with van der Waals surface area (Å²) < 4.78 is 0. The molecule has 0 fully saturated rings. The first-order valence-electron chi connectivity index (χ1n) is 6.97. The first-order chi connectivity index (χ1) is 7.85. The van der Waals surface area contributed by atoms with Crippen molar-refractivity contribution in [2.45, 2.75) is 46.1 Å². The van der Waals surface area contributed by atoms with Crippen LogP contribution in [0.2, 0.25) is 0 Å². The molecule has 17 heavy (non-hydrogen) atoms. The third kappa shape index (κ3) is 12.1. The Balaban J connectivity index is 3.69. The van der Waals surface area contributed by atoms with Crippen molar-refractivity contribution in [3.05, 3.63) is 0 Å². The summed E-state index contributed by atoms with van der Waals surface area (Å²) in [4.78, 5) is 4.83. The van der Waals surface area contributed by atoms with Crippen LogP contribution in [0.4, 0.5) is 0 Å². The van der Waals surface area contributed by atoms with Crippen molar-refractivity contribution < 1.29 is 0 Å². The standard InChI is InChI=1S/C14H33N3/c1-7-10-17(13-12-16(5)6)11-8-9-15-14(2,3)4/h15H,7-13H2,1-6H3. The number of nitrogens with zero attached hydrogens (tertiary/aromatic N) is 2. The molecule has 0 unspecified atom stereocenters. The monoisotopic (exact) mass is 243 g/mol. The van der Waals surface area contributed by atoms with Crippen molar-refractivity contribution >= 4 is 0 Å². The van der Waals surface area contributed by atoms with Crippen LogP contribution in [0.5, 0.6) is 0 Å². The highest BCUT2D eigenvalue weighted by molar-refractivity contribution is 4.70. The van der Waals surface area contributed by atoms with E-state index in [1.54, 1.807) is 0 Å². The van der Waals surface area contributed by atoms with Gasteiger partial charge in [-0.05, 0) is 67.3 Å². The van der Waals surface area contributed by atoms with Gasteiger partial charge in [0.05, 0.1) is 0 Å². The molecule has 0 saturated heterocycles. The summed E-state index contributed by atoms with van der Waals surface area (Å²) in [5.74, 6) is 0. The van der Waals surface area contributed by atoms with Gasteiger partial charge in [-0.25, -0.2) is 0 Å². The second-order valence-electron chi connectivity index (χ2n) is 6.18. The topological polar surface area (TPSA) is 18.5 Å². The van der Waals surface area contributed by atoms with Gasteiger partial charge in [0.15, 0.2) is 0 Å². The molecule has 0 heterocycles. The second kappa shape index (κ2) is 8.90. The maximum absolute atomic E-state index is 3.55. The van der Waals surface area contributed by atoms with Gasteiger partial charge < -0.3 is 15.1 Å². The predicted octanol–water partition coefficient (Wildman–Crippen LogP) is 2.04. The van der Waals surface area contributed by atoms with Gasteiger partial charge in [0.1, 0.15) is 0 Å². The third-order valence-corrected chi connectivity index (χ3v) is 2.71. The van der Waals surface area contributed by atoms with Gasteiger partial charge in [0.2, 0.25) is 0 Å². The SMILES string of the molecule is CCCN(CCCNC(C)(C)C)CCN(C)C. The zero-order valence-electron chi connectivity index (χ0n) is 12.8. The van der Waals surface area contributed by atoms with Crippen LogP contribution in [0, 0.1) is 0 Å². The van der Waals surface area contributed by atoms with E-state index in [0.29, 0.717) is 0 Å². The molecule has 0 aromatic carbocycles. The molecule has 3 heteroatoms. The van der Waals surface area contributed by atoms with Crippen LogP contribution in [0.15, 0.2) is 0 Å². The largest absolute Gasteiger partial charge is 0.312 e. The zero-order valence-corrected chi connectivity index (χ0v) is 12.8. The average molecular weight is 243 g/mol. The van der Waals surface area contributed by atoms with Gasteiger partial charge >= 0.3 is 0 Å². The normalized spacial score (nSPS) is 12.7. The van der Waals surface area contributed by atoms with E-state index in [4.69, 9.17) is 0 Å². The van der Waals surface area contributed by atoms with Crippen LogP contribution in [0.3, 0.4) is 0 Å². The first kappa shape index (κ1) is 16.9. The lowest BCUT2D eigenvalue weighted by Crippen LogP contribution is -2.39. The molecule has 104 valence electrons. The fourth-order valence-corrected chi connectivity index (χ4v) is 1.76. The van der Waals surface area contributed by atoms with Crippen molar-refractivity contribution in [3.8, 4) is 0 Å². The molecule has 3 nitrogen and oxygen atoms in total. The molecular formula is C14H33N3. The van der Waals surface area contributed by atoms with Gasteiger partial charge in [0, 0.05) is 18.6 Å². The summed E-state index contributed by atoms with van der Waals surface area (Å²) in [6, 6.07) is 0. The van der Waals surface area contributed by atoms with Gasteiger partial charge in [-0.3, -0.25) is 0 Å². The smallest absolute Gasteiger partial charge is 0.0109 e. The molecule has 1 N–H and O–H groups in total. The summed E-state index contributed by atoms with van der Waals surface area (Å²) in [7, 11) is 4.29. The van der Waals surface area contributed by atoms with Crippen LogP contribution in [0.25, 0.3) is 0 Å². The lowest BCUT2D eigenvalue weighted by atomic mass is 10.1. The van der Waals surface area contributed by atoms with Crippen molar-refractivity contribution in [2.75, 3.05) is 46.8 Å². The van der Waals surface area contributed by atoms with Crippen LogP contribution >= 0.6 is 0 Å². The van der Waals surface area contributed by atoms with E-state index in [-0.39, 0.29) is 5.54 Å². The fourth-order valence-electron chi connectivity index (χ4n) is 1.76. The van der Waals surface area contributed by atoms with Crippen molar-refractivity contribution in [1.29, 1.82) is 0 Å². The number of hydrogen-bond donors (Lipinski definition) is 1. The van der Waals surface area contributed by atoms with Crippen LogP contribution in [-0.4, -0.2) is 62.2 Å². The molecule has 0 radical (unpaired) electrons. The Bertz CT molecular complexity index is 173. The number of likely N-dealkylation sites (N-methyl/N-ethyl adjacent to an activating group) is 1. The minimum atomic E-state index is 0.249. The lowest BCUT2D eigenvalue weighted by Gasteiger charge is -2.25. The van der Waals surface area contributed by atoms with E-state index in [9.17, 15) is 0 Å². The summed E-state index contributed by atoms with van der Waals surface area (Å²) in [5.41, 5.74) is 0.249. The Labute approximate surface area is 109 Å². The van der Waals surface area contributed by atoms with E-state index in [2.05, 4.69) is 56.9 Å². The van der Waals surface area contributed by atoms with Gasteiger partial charge in [-0.15, -0.1) is 0 Å². The quantitative estimate of drug-likeness (QED) is 0.625. The Hall–Kier alpha value is -0.120. The van der Waals surface area contributed by atoms with Gasteiger partial charge in [-0.2, -0.15) is 0 Å². The molecule has 0 spiro atoms. The van der Waals surface area contributed by atoms with E-state index >= 15 is 0 Å². The Morgan fingerprint density at radius 3 is 2.06 bits per heavy atom. The van der Waals surface area contributed by atoms with Crippen LogP contribution in [-0.2, 0) is 0 Å². The summed E-state index contributed by atoms with van der Waals surface area (Å²) in [6.07, 6.45) is 2.49. The van der Waals surface area contributed by atoms with E-state index in [1.165, 1.54) is 32.5 Å². The predicted molar refractivity (Wildman–Crippen MR) is 77.7 cm³/mol. The van der Waals surface area contributed by atoms with E-state index in [0.717, 1.165) is 13.1 Å². The van der Waals surface area contributed by atoms with Crippen molar-refractivity contribution in [3.63, 3.8) is 0 Å². The maximum Gasteiger partial charge on any atom is 0.0109 e. The van der Waals surface area contributed by atoms with Crippen LogP contribution < -0.4 is 5.32 Å². The molecule has 0 amide bonds. The highest BCUT2D eigenvalue weighted by atomic mass is 15.2. The third-order valence-electron chi connectivity index (χ3n) is 2.71. The first-order valence-corrected chi connectivity index (χ1v) is 6.97. The zero-order chi connectivity index (χ0) is 13.3. The number of nitrogens with one attached hydrogen (secondary N) is 1. The molecule has 0 aliphatic heterocycles. The average Bonchev–Trinajstić information content (AvgIpc) is 2.19. The fraction of sp³-hybridized carbons (Fsp3) is 1.00. The Morgan fingerprint density at radius 2 is 1.59 bits per heavy atom. The maximum atomic E-state index is 3.55. The van der Waals surface area contributed by atoms with Crippen molar-refractivity contribution in [1.82, 2.24) is 15.1 Å². The van der Waals surface area contributed by atoms with Gasteiger partial charge in [0.25, 0.3) is 0 Å². The van der Waals surface area contributed by atoms with Crippen molar-refractivity contribution in [2.24, 2.45) is 0 Å². The summed E-state index contributed by atoms with van der Waals surface area (Å²) in [6.45, 7) is 14.8. The molecule has 0 saturated carbocycles. The number of hydrogen-bond acceptors (Lipinski definition) is 3. The summed E-state index contributed by atoms with van der Waals surface area (Å²) in [5, 5.41) is 3.55.